The highest BCUT2D eigenvalue weighted by atomic mass is 35.5. The van der Waals surface area contributed by atoms with Crippen molar-refractivity contribution in [3.8, 4) is 11.4 Å². The van der Waals surface area contributed by atoms with E-state index >= 15 is 0 Å². The van der Waals surface area contributed by atoms with E-state index in [1.54, 1.807) is 30.0 Å². The van der Waals surface area contributed by atoms with Crippen LogP contribution in [0.5, 0.6) is 0 Å². The second-order valence-electron chi connectivity index (χ2n) is 8.58. The van der Waals surface area contributed by atoms with Crippen LogP contribution in [0.15, 0.2) is 64.0 Å². The predicted molar refractivity (Wildman–Crippen MR) is 140 cm³/mol. The van der Waals surface area contributed by atoms with Crippen LogP contribution in [0.2, 0.25) is 5.15 Å². The van der Waals surface area contributed by atoms with Gasteiger partial charge < -0.3 is 14.5 Å². The number of aromatic nitrogens is 3. The fraction of sp³-hybridized carbons (Fsp3) is 0.185. The number of carbonyl (C=O) groups excluding carboxylic acids is 1. The Morgan fingerprint density at radius 2 is 1.97 bits per heavy atom. The Kier molecular flexibility index (Phi) is 5.97. The number of esters is 1. The molecule has 182 valence electrons. The second kappa shape index (κ2) is 9.13. The monoisotopic (exact) mass is 502 g/mol. The van der Waals surface area contributed by atoms with Gasteiger partial charge in [-0.3, -0.25) is 9.36 Å². The van der Waals surface area contributed by atoms with E-state index in [0.717, 1.165) is 22.1 Å². The molecule has 36 heavy (non-hydrogen) atoms. The van der Waals surface area contributed by atoms with E-state index in [-0.39, 0.29) is 22.4 Å². The highest BCUT2D eigenvalue weighted by Crippen LogP contribution is 2.32. The zero-order valence-corrected chi connectivity index (χ0v) is 20.9. The molecule has 0 radical (unpaired) electrons. The number of fused-ring (bicyclic) bond motifs is 2. The fourth-order valence-electron chi connectivity index (χ4n) is 4.41. The Morgan fingerprint density at radius 3 is 2.75 bits per heavy atom. The van der Waals surface area contributed by atoms with Crippen molar-refractivity contribution in [1.29, 1.82) is 0 Å². The van der Waals surface area contributed by atoms with Gasteiger partial charge in [0.15, 0.2) is 5.69 Å². The standard InChI is InChI=1S/C27H23ClN4O4/c1-14-12-18(15(2)29-20-8-9-21(28)30-23(20)27(34)35-4)22-19(13-14)26(33)32(3)25(31-22)17-7-5-6-16-10-11-36-24(16)17/h5-13,15,29H,1-4H3/t15-/m1/s1. The van der Waals surface area contributed by atoms with Crippen molar-refractivity contribution in [3.05, 3.63) is 87.1 Å². The summed E-state index contributed by atoms with van der Waals surface area (Å²) in [5.41, 5.74) is 4.01. The number of anilines is 1. The molecular formula is C27H23ClN4O4. The second-order valence-corrected chi connectivity index (χ2v) is 8.97. The first-order valence-corrected chi connectivity index (χ1v) is 11.7. The Labute approximate surface area is 211 Å². The summed E-state index contributed by atoms with van der Waals surface area (Å²) in [4.78, 5) is 34.9. The molecule has 0 bridgehead atoms. The summed E-state index contributed by atoms with van der Waals surface area (Å²) >= 11 is 6.01. The normalized spacial score (nSPS) is 12.1. The van der Waals surface area contributed by atoms with Crippen LogP contribution in [0.1, 0.15) is 34.6 Å². The number of nitrogens with one attached hydrogen (secondary N) is 1. The molecule has 9 heteroatoms. The average Bonchev–Trinajstić information content (AvgIpc) is 3.36. The molecule has 2 aromatic carbocycles. The molecule has 5 rings (SSSR count). The molecule has 8 nitrogen and oxygen atoms in total. The Hall–Kier alpha value is -4.17. The molecule has 0 saturated carbocycles. The lowest BCUT2D eigenvalue weighted by Gasteiger charge is -2.20. The van der Waals surface area contributed by atoms with E-state index in [1.165, 1.54) is 7.11 Å². The van der Waals surface area contributed by atoms with Gasteiger partial charge in [-0.1, -0.05) is 29.8 Å². The van der Waals surface area contributed by atoms with E-state index in [9.17, 15) is 9.59 Å². The van der Waals surface area contributed by atoms with Crippen molar-refractivity contribution in [3.63, 3.8) is 0 Å². The fourth-order valence-corrected chi connectivity index (χ4v) is 4.56. The summed E-state index contributed by atoms with van der Waals surface area (Å²) in [6.45, 7) is 3.85. The maximum Gasteiger partial charge on any atom is 0.358 e. The van der Waals surface area contributed by atoms with Crippen molar-refractivity contribution in [2.75, 3.05) is 12.4 Å². The number of pyridine rings is 1. The quantitative estimate of drug-likeness (QED) is 0.244. The summed E-state index contributed by atoms with van der Waals surface area (Å²) < 4.78 is 12.1. The zero-order valence-electron chi connectivity index (χ0n) is 20.1. The van der Waals surface area contributed by atoms with Crippen LogP contribution in [0.3, 0.4) is 0 Å². The largest absolute Gasteiger partial charge is 0.464 e. The number of methoxy groups -OCH3 is 1. The van der Waals surface area contributed by atoms with Gasteiger partial charge in [0.1, 0.15) is 16.6 Å². The number of para-hydroxylation sites is 1. The number of halogens is 1. The highest BCUT2D eigenvalue weighted by Gasteiger charge is 2.21. The number of furan rings is 1. The molecule has 0 amide bonds. The van der Waals surface area contributed by atoms with Crippen molar-refractivity contribution < 1.29 is 13.9 Å². The van der Waals surface area contributed by atoms with Crippen LogP contribution in [0.4, 0.5) is 5.69 Å². The topological polar surface area (TPSA) is 99.2 Å². The van der Waals surface area contributed by atoms with Gasteiger partial charge in [-0.05, 0) is 49.7 Å². The number of hydrogen-bond acceptors (Lipinski definition) is 7. The predicted octanol–water partition coefficient (Wildman–Crippen LogP) is 5.66. The third-order valence-corrected chi connectivity index (χ3v) is 6.36. The van der Waals surface area contributed by atoms with Crippen LogP contribution in [0.25, 0.3) is 33.3 Å². The van der Waals surface area contributed by atoms with Crippen LogP contribution in [-0.2, 0) is 11.8 Å². The molecule has 0 saturated heterocycles. The van der Waals surface area contributed by atoms with Gasteiger partial charge in [0.2, 0.25) is 0 Å². The summed E-state index contributed by atoms with van der Waals surface area (Å²) in [7, 11) is 2.99. The third-order valence-electron chi connectivity index (χ3n) is 6.15. The van der Waals surface area contributed by atoms with Gasteiger partial charge in [-0.25, -0.2) is 14.8 Å². The molecule has 0 fully saturated rings. The number of benzene rings is 2. The Morgan fingerprint density at radius 1 is 1.17 bits per heavy atom. The highest BCUT2D eigenvalue weighted by molar-refractivity contribution is 6.29. The number of carbonyl (C=O) groups is 1. The van der Waals surface area contributed by atoms with Gasteiger partial charge in [-0.2, -0.15) is 0 Å². The van der Waals surface area contributed by atoms with Gasteiger partial charge >= 0.3 is 5.97 Å². The summed E-state index contributed by atoms with van der Waals surface area (Å²) in [5, 5.41) is 4.92. The minimum Gasteiger partial charge on any atom is -0.464 e. The van der Waals surface area contributed by atoms with Gasteiger partial charge in [0.25, 0.3) is 5.56 Å². The molecule has 0 spiro atoms. The first-order valence-electron chi connectivity index (χ1n) is 11.3. The number of aryl methyl sites for hydroxylation is 1. The maximum atomic E-state index is 13.5. The Bertz CT molecular complexity index is 1710. The van der Waals surface area contributed by atoms with E-state index in [0.29, 0.717) is 28.0 Å². The van der Waals surface area contributed by atoms with Gasteiger partial charge in [0.05, 0.1) is 41.6 Å². The third kappa shape index (κ3) is 3.99. The molecule has 1 N–H and O–H groups in total. The summed E-state index contributed by atoms with van der Waals surface area (Å²) in [5.74, 6) is -0.115. The molecule has 1 atom stereocenters. The molecule has 5 aromatic rings. The summed E-state index contributed by atoms with van der Waals surface area (Å²) in [6.07, 6.45) is 1.62. The maximum absolute atomic E-state index is 13.5. The van der Waals surface area contributed by atoms with Crippen LogP contribution < -0.4 is 10.9 Å². The molecule has 0 aliphatic carbocycles. The molecule has 0 aliphatic rings. The van der Waals surface area contributed by atoms with Crippen molar-refractivity contribution in [2.45, 2.75) is 19.9 Å². The molecular weight excluding hydrogens is 480 g/mol. The lowest BCUT2D eigenvalue weighted by atomic mass is 10.0. The number of rotatable bonds is 5. The molecule has 3 heterocycles. The van der Waals surface area contributed by atoms with Gasteiger partial charge in [-0.15, -0.1) is 0 Å². The summed E-state index contributed by atoms with van der Waals surface area (Å²) in [6, 6.07) is 14.3. The van der Waals surface area contributed by atoms with E-state index in [1.807, 2.05) is 50.2 Å². The smallest absolute Gasteiger partial charge is 0.358 e. The van der Waals surface area contributed by atoms with E-state index < -0.39 is 5.97 Å². The van der Waals surface area contributed by atoms with Crippen molar-refractivity contribution in [1.82, 2.24) is 14.5 Å². The van der Waals surface area contributed by atoms with Crippen LogP contribution >= 0.6 is 11.6 Å². The molecule has 3 aromatic heterocycles. The minimum absolute atomic E-state index is 0.0721. The number of hydrogen-bond donors (Lipinski definition) is 1. The SMILES string of the molecule is COC(=O)c1nc(Cl)ccc1N[C@H](C)c1cc(C)cc2c(=O)n(C)c(-c3cccc4ccoc34)nc12. The van der Waals surface area contributed by atoms with E-state index in [2.05, 4.69) is 10.3 Å². The minimum atomic E-state index is -0.609. The van der Waals surface area contributed by atoms with Crippen molar-refractivity contribution >= 4 is 45.1 Å². The zero-order chi connectivity index (χ0) is 25.6. The first kappa shape index (κ1) is 23.6. The van der Waals surface area contributed by atoms with Crippen LogP contribution in [0, 0.1) is 6.92 Å². The molecule has 0 aliphatic heterocycles. The molecule has 0 unspecified atom stereocenters. The number of nitrogens with zero attached hydrogens (tertiary/aromatic N) is 3. The number of ether oxygens (including phenoxy) is 1. The van der Waals surface area contributed by atoms with Crippen LogP contribution in [-0.4, -0.2) is 27.6 Å². The van der Waals surface area contributed by atoms with E-state index in [4.69, 9.17) is 25.7 Å². The van der Waals surface area contributed by atoms with Crippen molar-refractivity contribution in [2.24, 2.45) is 7.05 Å². The Balaban J connectivity index is 1.69. The lowest BCUT2D eigenvalue weighted by molar-refractivity contribution is 0.0595. The average molecular weight is 503 g/mol. The first-order chi connectivity index (χ1) is 17.3. The lowest BCUT2D eigenvalue weighted by Crippen LogP contribution is -2.22. The van der Waals surface area contributed by atoms with Gasteiger partial charge in [0, 0.05) is 18.0 Å².